The van der Waals surface area contributed by atoms with Gasteiger partial charge in [0.1, 0.15) is 0 Å². The van der Waals surface area contributed by atoms with Crippen molar-refractivity contribution in [1.29, 1.82) is 0 Å². The molecule has 1 aliphatic rings. The van der Waals surface area contributed by atoms with Crippen molar-refractivity contribution in [2.24, 2.45) is 5.73 Å². The minimum absolute atomic E-state index is 0.762. The predicted octanol–water partition coefficient (Wildman–Crippen LogP) is 1.09. The number of para-hydroxylation sites is 1. The van der Waals surface area contributed by atoms with Gasteiger partial charge >= 0.3 is 0 Å². The number of nitrogens with two attached hydrogens (primary N) is 1. The fourth-order valence-corrected chi connectivity index (χ4v) is 2.01. The minimum atomic E-state index is 0.762. The third-order valence-corrected chi connectivity index (χ3v) is 2.81. The van der Waals surface area contributed by atoms with Crippen LogP contribution in [-0.2, 0) is 13.0 Å². The average molecular weight is 205 g/mol. The third-order valence-electron chi connectivity index (χ3n) is 2.81. The molecule has 0 radical (unpaired) electrons. The number of anilines is 1. The van der Waals surface area contributed by atoms with Gasteiger partial charge in [-0.15, -0.1) is 0 Å². The molecule has 0 unspecified atom stereocenters. The number of benzene rings is 1. The lowest BCUT2D eigenvalue weighted by Gasteiger charge is -2.09. The maximum atomic E-state index is 5.45. The minimum Gasteiger partial charge on any atom is -0.384 e. The summed E-state index contributed by atoms with van der Waals surface area (Å²) in [5, 5.41) is 6.86. The molecule has 0 bridgehead atoms. The van der Waals surface area contributed by atoms with E-state index in [1.807, 2.05) is 0 Å². The van der Waals surface area contributed by atoms with Gasteiger partial charge in [-0.1, -0.05) is 18.2 Å². The van der Waals surface area contributed by atoms with E-state index >= 15 is 0 Å². The Hall–Kier alpha value is -1.06. The summed E-state index contributed by atoms with van der Waals surface area (Å²) >= 11 is 0. The van der Waals surface area contributed by atoms with E-state index in [0.717, 1.165) is 39.0 Å². The second-order valence-electron chi connectivity index (χ2n) is 3.95. The molecular weight excluding hydrogens is 186 g/mol. The fourth-order valence-electron chi connectivity index (χ4n) is 2.01. The van der Waals surface area contributed by atoms with Crippen molar-refractivity contribution in [3.63, 3.8) is 0 Å². The monoisotopic (exact) mass is 205 g/mol. The van der Waals surface area contributed by atoms with Gasteiger partial charge < -0.3 is 16.4 Å². The lowest BCUT2D eigenvalue weighted by atomic mass is 10.1. The molecule has 1 aliphatic heterocycles. The molecule has 3 nitrogen and oxygen atoms in total. The van der Waals surface area contributed by atoms with E-state index in [0.29, 0.717) is 0 Å². The lowest BCUT2D eigenvalue weighted by molar-refractivity contribution is 0.656. The molecule has 1 aromatic rings. The van der Waals surface area contributed by atoms with E-state index in [4.69, 9.17) is 5.73 Å². The van der Waals surface area contributed by atoms with Crippen LogP contribution in [0.15, 0.2) is 18.2 Å². The van der Waals surface area contributed by atoms with Crippen LogP contribution < -0.4 is 16.4 Å². The van der Waals surface area contributed by atoms with Gasteiger partial charge in [0.25, 0.3) is 0 Å². The van der Waals surface area contributed by atoms with Gasteiger partial charge in [-0.25, -0.2) is 0 Å². The molecule has 1 heterocycles. The molecule has 3 heteroatoms. The van der Waals surface area contributed by atoms with Gasteiger partial charge in [0.05, 0.1) is 0 Å². The molecule has 0 aliphatic carbocycles. The zero-order valence-corrected chi connectivity index (χ0v) is 9.05. The van der Waals surface area contributed by atoms with Crippen molar-refractivity contribution in [3.8, 4) is 0 Å². The maximum Gasteiger partial charge on any atom is 0.0419 e. The second kappa shape index (κ2) is 5.14. The quantitative estimate of drug-likeness (QED) is 0.631. The zero-order valence-electron chi connectivity index (χ0n) is 9.05. The fraction of sp³-hybridized carbons (Fsp3) is 0.500. The van der Waals surface area contributed by atoms with Gasteiger partial charge in [0.15, 0.2) is 0 Å². The molecule has 0 saturated carbocycles. The highest BCUT2D eigenvalue weighted by Gasteiger charge is 2.12. The van der Waals surface area contributed by atoms with E-state index in [1.165, 1.54) is 16.8 Å². The largest absolute Gasteiger partial charge is 0.384 e. The van der Waals surface area contributed by atoms with Crippen molar-refractivity contribution < 1.29 is 0 Å². The summed E-state index contributed by atoms with van der Waals surface area (Å²) in [5.41, 5.74) is 9.62. The van der Waals surface area contributed by atoms with E-state index in [-0.39, 0.29) is 0 Å². The highest BCUT2D eigenvalue weighted by molar-refractivity contribution is 5.61. The summed E-state index contributed by atoms with van der Waals surface area (Å²) in [7, 11) is 0. The zero-order chi connectivity index (χ0) is 10.5. The Labute approximate surface area is 91.1 Å². The van der Waals surface area contributed by atoms with E-state index in [1.54, 1.807) is 0 Å². The topological polar surface area (TPSA) is 50.1 Å². The van der Waals surface area contributed by atoms with Gasteiger partial charge in [-0.3, -0.25) is 0 Å². The molecule has 0 atom stereocenters. The first kappa shape index (κ1) is 10.5. The van der Waals surface area contributed by atoms with Crippen LogP contribution in [0.25, 0.3) is 0 Å². The lowest BCUT2D eigenvalue weighted by Crippen LogP contribution is -2.18. The Balaban J connectivity index is 1.94. The Morgan fingerprint density at radius 1 is 1.40 bits per heavy atom. The van der Waals surface area contributed by atoms with Crippen LogP contribution in [0.5, 0.6) is 0 Å². The normalized spacial score (nSPS) is 13.7. The van der Waals surface area contributed by atoms with Gasteiger partial charge in [0, 0.05) is 18.8 Å². The van der Waals surface area contributed by atoms with Crippen LogP contribution in [0.1, 0.15) is 17.5 Å². The number of hydrogen-bond donors (Lipinski definition) is 3. The van der Waals surface area contributed by atoms with Crippen LogP contribution in [0.2, 0.25) is 0 Å². The molecule has 0 amide bonds. The van der Waals surface area contributed by atoms with E-state index in [9.17, 15) is 0 Å². The number of hydrogen-bond acceptors (Lipinski definition) is 3. The molecule has 15 heavy (non-hydrogen) atoms. The molecule has 0 saturated heterocycles. The molecule has 4 N–H and O–H groups in total. The Morgan fingerprint density at radius 3 is 3.20 bits per heavy atom. The van der Waals surface area contributed by atoms with Gasteiger partial charge in [-0.2, -0.15) is 0 Å². The average Bonchev–Trinajstić information content (AvgIpc) is 2.73. The Bertz CT molecular complexity index is 323. The second-order valence-corrected chi connectivity index (χ2v) is 3.95. The van der Waals surface area contributed by atoms with E-state index in [2.05, 4.69) is 28.8 Å². The molecular formula is C12H19N3. The standard InChI is InChI=1S/C12H19N3/c13-6-2-7-14-9-11-4-1-3-10-5-8-15-12(10)11/h1,3-4,14-15H,2,5-9,13H2. The molecule has 2 rings (SSSR count). The Morgan fingerprint density at radius 2 is 2.33 bits per heavy atom. The van der Waals surface area contributed by atoms with Crippen molar-refractivity contribution in [3.05, 3.63) is 29.3 Å². The van der Waals surface area contributed by atoms with Crippen LogP contribution in [0, 0.1) is 0 Å². The van der Waals surface area contributed by atoms with Crippen molar-refractivity contribution in [1.82, 2.24) is 5.32 Å². The highest BCUT2D eigenvalue weighted by atomic mass is 14.9. The molecule has 0 fully saturated rings. The van der Waals surface area contributed by atoms with Crippen molar-refractivity contribution >= 4 is 5.69 Å². The third kappa shape index (κ3) is 2.49. The molecule has 1 aromatic carbocycles. The highest BCUT2D eigenvalue weighted by Crippen LogP contribution is 2.25. The first-order chi connectivity index (χ1) is 7.42. The number of nitrogens with one attached hydrogen (secondary N) is 2. The van der Waals surface area contributed by atoms with Crippen LogP contribution in [0.4, 0.5) is 5.69 Å². The number of rotatable bonds is 5. The number of fused-ring (bicyclic) bond motifs is 1. The van der Waals surface area contributed by atoms with Crippen molar-refractivity contribution in [2.45, 2.75) is 19.4 Å². The summed E-state index contributed by atoms with van der Waals surface area (Å²) in [6, 6.07) is 6.54. The summed E-state index contributed by atoms with van der Waals surface area (Å²) in [5.74, 6) is 0. The van der Waals surface area contributed by atoms with Crippen molar-refractivity contribution in [2.75, 3.05) is 25.0 Å². The SMILES string of the molecule is NCCCNCc1cccc2c1NCC2. The predicted molar refractivity (Wildman–Crippen MR) is 64.0 cm³/mol. The first-order valence-electron chi connectivity index (χ1n) is 5.67. The smallest absolute Gasteiger partial charge is 0.0419 e. The molecule has 82 valence electrons. The Kier molecular flexibility index (Phi) is 3.59. The van der Waals surface area contributed by atoms with E-state index < -0.39 is 0 Å². The molecule has 0 aromatic heterocycles. The van der Waals surface area contributed by atoms with Gasteiger partial charge in [-0.05, 0) is 37.1 Å². The van der Waals surface area contributed by atoms with Crippen LogP contribution >= 0.6 is 0 Å². The summed E-state index contributed by atoms with van der Waals surface area (Å²) in [4.78, 5) is 0. The summed E-state index contributed by atoms with van der Waals surface area (Å²) < 4.78 is 0. The summed E-state index contributed by atoms with van der Waals surface area (Å²) in [6.45, 7) is 3.78. The molecule has 0 spiro atoms. The maximum absolute atomic E-state index is 5.45. The first-order valence-corrected chi connectivity index (χ1v) is 5.67. The van der Waals surface area contributed by atoms with Crippen LogP contribution in [-0.4, -0.2) is 19.6 Å². The van der Waals surface area contributed by atoms with Crippen LogP contribution in [0.3, 0.4) is 0 Å². The summed E-state index contributed by atoms with van der Waals surface area (Å²) in [6.07, 6.45) is 2.20. The van der Waals surface area contributed by atoms with Gasteiger partial charge in [0.2, 0.25) is 0 Å².